The van der Waals surface area contributed by atoms with Crippen LogP contribution in [0, 0.1) is 6.92 Å². The molecule has 0 aliphatic carbocycles. The Balaban J connectivity index is 2.28. The molecule has 0 aromatic heterocycles. The van der Waals surface area contributed by atoms with Crippen LogP contribution in [0.1, 0.15) is 5.56 Å². The molecular weight excluding hydrogens is 294 g/mol. The molecule has 0 radical (unpaired) electrons. The molecule has 0 heterocycles. The van der Waals surface area contributed by atoms with E-state index < -0.39 is 0 Å². The highest BCUT2D eigenvalue weighted by Gasteiger charge is 2.06. The van der Waals surface area contributed by atoms with E-state index in [-0.39, 0.29) is 0 Å². The van der Waals surface area contributed by atoms with E-state index >= 15 is 0 Å². The first-order valence-corrected chi connectivity index (χ1v) is 6.27. The van der Waals surface area contributed by atoms with Crippen molar-refractivity contribution in [1.29, 1.82) is 0 Å². The second kappa shape index (κ2) is 5.31. The summed E-state index contributed by atoms with van der Waals surface area (Å²) in [5.74, 6) is 2.06. The van der Waals surface area contributed by atoms with E-state index in [1.165, 1.54) is 0 Å². The second-order valence-corrected chi connectivity index (χ2v) is 4.79. The molecule has 0 saturated carbocycles. The molecule has 0 saturated heterocycles. The lowest BCUT2D eigenvalue weighted by atomic mass is 10.2. The lowest BCUT2D eigenvalue weighted by Crippen LogP contribution is -1.94. The first-order valence-electron chi connectivity index (χ1n) is 5.47. The minimum atomic E-state index is 0.543. The highest BCUT2D eigenvalue weighted by Crippen LogP contribution is 2.34. The molecule has 0 spiro atoms. The van der Waals surface area contributed by atoms with Gasteiger partial charge in [0, 0.05) is 6.07 Å². The van der Waals surface area contributed by atoms with Crippen molar-refractivity contribution in [3.63, 3.8) is 0 Å². The molecule has 2 rings (SSSR count). The lowest BCUT2D eigenvalue weighted by Gasteiger charge is -2.11. The van der Waals surface area contributed by atoms with Crippen LogP contribution in [-0.4, -0.2) is 7.11 Å². The van der Waals surface area contributed by atoms with Crippen LogP contribution in [0.15, 0.2) is 40.9 Å². The Morgan fingerprint density at radius 2 is 1.78 bits per heavy atom. The number of nitrogen functional groups attached to an aromatic ring is 1. The standard InChI is InChI=1S/C14H14BrNO2/c1-9-3-5-13(11(15)7-9)18-14-6-4-10(17-2)8-12(14)16/h3-8H,16H2,1-2H3. The fraction of sp³-hybridized carbons (Fsp3) is 0.143. The van der Waals surface area contributed by atoms with Crippen LogP contribution < -0.4 is 15.2 Å². The molecule has 0 aliphatic rings. The molecule has 0 atom stereocenters. The van der Waals surface area contributed by atoms with Gasteiger partial charge >= 0.3 is 0 Å². The largest absolute Gasteiger partial charge is 0.497 e. The Labute approximate surface area is 115 Å². The van der Waals surface area contributed by atoms with Crippen LogP contribution in [0.3, 0.4) is 0 Å². The van der Waals surface area contributed by atoms with Crippen LogP contribution in [0.25, 0.3) is 0 Å². The van der Waals surface area contributed by atoms with Gasteiger partial charge in [0.1, 0.15) is 11.5 Å². The predicted octanol–water partition coefficient (Wildman–Crippen LogP) is 4.14. The van der Waals surface area contributed by atoms with Gasteiger partial charge in [-0.15, -0.1) is 0 Å². The Bertz CT molecular complexity index is 570. The summed E-state index contributed by atoms with van der Waals surface area (Å²) < 4.78 is 11.8. The summed E-state index contributed by atoms with van der Waals surface area (Å²) in [7, 11) is 1.60. The summed E-state index contributed by atoms with van der Waals surface area (Å²) in [6, 6.07) is 11.2. The number of hydrogen-bond acceptors (Lipinski definition) is 3. The zero-order valence-corrected chi connectivity index (χ0v) is 11.8. The molecule has 0 unspecified atom stereocenters. The van der Waals surface area contributed by atoms with E-state index in [2.05, 4.69) is 15.9 Å². The van der Waals surface area contributed by atoms with E-state index in [0.29, 0.717) is 17.2 Å². The van der Waals surface area contributed by atoms with Crippen molar-refractivity contribution in [2.45, 2.75) is 6.92 Å². The van der Waals surface area contributed by atoms with E-state index in [1.807, 2.05) is 31.2 Å². The van der Waals surface area contributed by atoms with Crippen LogP contribution in [0.2, 0.25) is 0 Å². The van der Waals surface area contributed by atoms with Gasteiger partial charge in [0.15, 0.2) is 5.75 Å². The molecule has 0 amide bonds. The van der Waals surface area contributed by atoms with Crippen molar-refractivity contribution in [3.05, 3.63) is 46.4 Å². The maximum absolute atomic E-state index is 5.90. The topological polar surface area (TPSA) is 44.5 Å². The second-order valence-electron chi connectivity index (χ2n) is 3.94. The lowest BCUT2D eigenvalue weighted by molar-refractivity contribution is 0.413. The average Bonchev–Trinajstić information content (AvgIpc) is 2.34. The van der Waals surface area contributed by atoms with E-state index in [9.17, 15) is 0 Å². The van der Waals surface area contributed by atoms with Crippen molar-refractivity contribution in [2.75, 3.05) is 12.8 Å². The summed E-state index contributed by atoms with van der Waals surface area (Å²) in [4.78, 5) is 0. The Kier molecular flexibility index (Phi) is 3.77. The van der Waals surface area contributed by atoms with E-state index in [0.717, 1.165) is 15.8 Å². The number of hydrogen-bond donors (Lipinski definition) is 1. The molecule has 2 aromatic carbocycles. The van der Waals surface area contributed by atoms with Gasteiger partial charge in [-0.1, -0.05) is 6.07 Å². The minimum absolute atomic E-state index is 0.543. The third-order valence-electron chi connectivity index (χ3n) is 2.52. The average molecular weight is 308 g/mol. The number of rotatable bonds is 3. The fourth-order valence-corrected chi connectivity index (χ4v) is 2.13. The van der Waals surface area contributed by atoms with Crippen LogP contribution in [0.4, 0.5) is 5.69 Å². The third kappa shape index (κ3) is 2.76. The van der Waals surface area contributed by atoms with Gasteiger partial charge in [0.2, 0.25) is 0 Å². The third-order valence-corrected chi connectivity index (χ3v) is 3.14. The maximum atomic E-state index is 5.90. The van der Waals surface area contributed by atoms with E-state index in [1.54, 1.807) is 19.2 Å². The first kappa shape index (κ1) is 12.8. The molecule has 94 valence electrons. The first-order chi connectivity index (χ1) is 8.60. The smallest absolute Gasteiger partial charge is 0.150 e. The fourth-order valence-electron chi connectivity index (χ4n) is 1.55. The zero-order chi connectivity index (χ0) is 13.1. The van der Waals surface area contributed by atoms with Gasteiger partial charge in [-0.25, -0.2) is 0 Å². The SMILES string of the molecule is COc1ccc(Oc2ccc(C)cc2Br)c(N)c1. The van der Waals surface area contributed by atoms with Gasteiger partial charge in [0.05, 0.1) is 17.3 Å². The highest BCUT2D eigenvalue weighted by molar-refractivity contribution is 9.10. The van der Waals surface area contributed by atoms with Crippen molar-refractivity contribution in [1.82, 2.24) is 0 Å². The summed E-state index contributed by atoms with van der Waals surface area (Å²) in [5, 5.41) is 0. The molecule has 2 N–H and O–H groups in total. The van der Waals surface area contributed by atoms with Gasteiger partial charge < -0.3 is 15.2 Å². The van der Waals surface area contributed by atoms with Gasteiger partial charge in [-0.05, 0) is 52.7 Å². The van der Waals surface area contributed by atoms with E-state index in [4.69, 9.17) is 15.2 Å². The van der Waals surface area contributed by atoms with Crippen molar-refractivity contribution in [3.8, 4) is 17.2 Å². The summed E-state index contributed by atoms with van der Waals surface area (Å²) in [6.45, 7) is 2.02. The molecular formula is C14H14BrNO2. The normalized spacial score (nSPS) is 10.2. The minimum Gasteiger partial charge on any atom is -0.497 e. The number of anilines is 1. The van der Waals surface area contributed by atoms with Crippen LogP contribution in [0.5, 0.6) is 17.2 Å². The van der Waals surface area contributed by atoms with Gasteiger partial charge in [-0.2, -0.15) is 0 Å². The summed E-state index contributed by atoms with van der Waals surface area (Å²) in [5.41, 5.74) is 7.61. The van der Waals surface area contributed by atoms with Crippen LogP contribution in [-0.2, 0) is 0 Å². The zero-order valence-electron chi connectivity index (χ0n) is 10.2. The summed E-state index contributed by atoms with van der Waals surface area (Å²) in [6.07, 6.45) is 0. The molecule has 0 bridgehead atoms. The molecule has 18 heavy (non-hydrogen) atoms. The number of methoxy groups -OCH3 is 1. The molecule has 2 aromatic rings. The number of aryl methyl sites for hydroxylation is 1. The van der Waals surface area contributed by atoms with Crippen LogP contribution >= 0.6 is 15.9 Å². The highest BCUT2D eigenvalue weighted by atomic mass is 79.9. The maximum Gasteiger partial charge on any atom is 0.150 e. The quantitative estimate of drug-likeness (QED) is 0.867. The van der Waals surface area contributed by atoms with Gasteiger partial charge in [0.25, 0.3) is 0 Å². The molecule has 0 fully saturated rings. The Morgan fingerprint density at radius 3 is 2.39 bits per heavy atom. The predicted molar refractivity (Wildman–Crippen MR) is 76.4 cm³/mol. The number of ether oxygens (including phenoxy) is 2. The number of halogens is 1. The monoisotopic (exact) mass is 307 g/mol. The van der Waals surface area contributed by atoms with Gasteiger partial charge in [-0.3, -0.25) is 0 Å². The van der Waals surface area contributed by atoms with Crippen molar-refractivity contribution >= 4 is 21.6 Å². The number of nitrogens with two attached hydrogens (primary N) is 1. The molecule has 4 heteroatoms. The van der Waals surface area contributed by atoms with Crippen molar-refractivity contribution < 1.29 is 9.47 Å². The van der Waals surface area contributed by atoms with Crippen molar-refractivity contribution in [2.24, 2.45) is 0 Å². The Morgan fingerprint density at radius 1 is 1.06 bits per heavy atom. The number of benzene rings is 2. The summed E-state index contributed by atoms with van der Waals surface area (Å²) >= 11 is 3.47. The Hall–Kier alpha value is -1.68. The molecule has 3 nitrogen and oxygen atoms in total. The molecule has 0 aliphatic heterocycles.